The summed E-state index contributed by atoms with van der Waals surface area (Å²) < 4.78 is 0. The summed E-state index contributed by atoms with van der Waals surface area (Å²) in [5.74, 6) is 0.395. The molecule has 62 valence electrons. The molecule has 1 aliphatic heterocycles. The van der Waals surface area contributed by atoms with Crippen LogP contribution in [0.4, 0.5) is 0 Å². The smallest absolute Gasteiger partial charge is 0.111 e. The van der Waals surface area contributed by atoms with Crippen LogP contribution < -0.4 is 10.6 Å². The molecule has 1 fully saturated rings. The van der Waals surface area contributed by atoms with E-state index in [-0.39, 0.29) is 5.54 Å². The Labute approximate surface area is 67.8 Å². The van der Waals surface area contributed by atoms with Crippen LogP contribution in [0.3, 0.4) is 0 Å². The molecule has 0 aliphatic carbocycles. The van der Waals surface area contributed by atoms with Gasteiger partial charge in [-0.2, -0.15) is 5.26 Å². The van der Waals surface area contributed by atoms with Crippen molar-refractivity contribution in [1.82, 2.24) is 10.6 Å². The highest BCUT2D eigenvalue weighted by Crippen LogP contribution is 2.22. The molecule has 0 amide bonds. The lowest BCUT2D eigenvalue weighted by Crippen LogP contribution is -2.55. The molecule has 2 atom stereocenters. The van der Waals surface area contributed by atoms with E-state index in [0.717, 1.165) is 19.5 Å². The first-order chi connectivity index (χ1) is 5.25. The van der Waals surface area contributed by atoms with Crippen molar-refractivity contribution >= 4 is 0 Å². The molecule has 2 N–H and O–H groups in total. The van der Waals surface area contributed by atoms with Crippen molar-refractivity contribution in [3.63, 3.8) is 0 Å². The van der Waals surface area contributed by atoms with E-state index in [1.165, 1.54) is 0 Å². The van der Waals surface area contributed by atoms with Gasteiger partial charge in [0, 0.05) is 12.5 Å². The summed E-state index contributed by atoms with van der Waals surface area (Å²) in [5, 5.41) is 15.4. The molecular formula is C8H15N3. The summed E-state index contributed by atoms with van der Waals surface area (Å²) in [6, 6.07) is 2.37. The van der Waals surface area contributed by atoms with Crippen LogP contribution in [0.1, 0.15) is 13.3 Å². The molecule has 1 rings (SSSR count). The zero-order valence-electron chi connectivity index (χ0n) is 7.15. The molecule has 0 spiro atoms. The van der Waals surface area contributed by atoms with Gasteiger partial charge < -0.3 is 10.6 Å². The van der Waals surface area contributed by atoms with E-state index in [2.05, 4.69) is 23.6 Å². The maximum Gasteiger partial charge on any atom is 0.111 e. The number of nitriles is 1. The summed E-state index contributed by atoms with van der Waals surface area (Å²) in [5.41, 5.74) is -0.286. The predicted molar refractivity (Wildman–Crippen MR) is 44.1 cm³/mol. The minimum absolute atomic E-state index is 0.286. The van der Waals surface area contributed by atoms with Crippen molar-refractivity contribution in [3.05, 3.63) is 0 Å². The Morgan fingerprint density at radius 3 is 2.82 bits per heavy atom. The lowest BCUT2D eigenvalue weighted by atomic mass is 9.81. The van der Waals surface area contributed by atoms with Gasteiger partial charge in [0.2, 0.25) is 0 Å². The quantitative estimate of drug-likeness (QED) is 0.561. The van der Waals surface area contributed by atoms with Crippen molar-refractivity contribution in [2.45, 2.75) is 18.9 Å². The van der Waals surface area contributed by atoms with Crippen LogP contribution >= 0.6 is 0 Å². The Bertz CT molecular complexity index is 173. The lowest BCUT2D eigenvalue weighted by molar-refractivity contribution is 0.241. The van der Waals surface area contributed by atoms with Crippen LogP contribution in [0.25, 0.3) is 0 Å². The molecule has 0 aromatic carbocycles. The third kappa shape index (κ3) is 1.37. The van der Waals surface area contributed by atoms with Crippen molar-refractivity contribution in [2.24, 2.45) is 5.92 Å². The van der Waals surface area contributed by atoms with E-state index in [4.69, 9.17) is 5.26 Å². The van der Waals surface area contributed by atoms with Gasteiger partial charge in [0.25, 0.3) is 0 Å². The molecule has 3 nitrogen and oxygen atoms in total. The average Bonchev–Trinajstić information content (AvgIpc) is 2.06. The summed E-state index contributed by atoms with van der Waals surface area (Å²) in [4.78, 5) is 0. The van der Waals surface area contributed by atoms with E-state index in [0.29, 0.717) is 5.92 Å². The molecule has 0 aromatic rings. The van der Waals surface area contributed by atoms with Gasteiger partial charge in [-0.3, -0.25) is 0 Å². The molecule has 0 aromatic heterocycles. The highest BCUT2D eigenvalue weighted by molar-refractivity contribution is 5.11. The Morgan fingerprint density at radius 1 is 1.73 bits per heavy atom. The van der Waals surface area contributed by atoms with Crippen LogP contribution in [0, 0.1) is 17.2 Å². The van der Waals surface area contributed by atoms with Crippen LogP contribution in [0.5, 0.6) is 0 Å². The number of rotatable bonds is 1. The van der Waals surface area contributed by atoms with Gasteiger partial charge in [0.15, 0.2) is 0 Å². The topological polar surface area (TPSA) is 47.9 Å². The monoisotopic (exact) mass is 153 g/mol. The molecule has 2 unspecified atom stereocenters. The third-order valence-corrected chi connectivity index (χ3v) is 2.63. The highest BCUT2D eigenvalue weighted by Gasteiger charge is 2.36. The van der Waals surface area contributed by atoms with Crippen molar-refractivity contribution in [3.8, 4) is 6.07 Å². The summed E-state index contributed by atoms with van der Waals surface area (Å²) in [7, 11) is 1.87. The minimum atomic E-state index is -0.286. The normalized spacial score (nSPS) is 38.1. The fourth-order valence-electron chi connectivity index (χ4n) is 1.62. The van der Waals surface area contributed by atoms with E-state index >= 15 is 0 Å². The van der Waals surface area contributed by atoms with Crippen molar-refractivity contribution in [2.75, 3.05) is 20.1 Å². The van der Waals surface area contributed by atoms with Crippen molar-refractivity contribution in [1.29, 1.82) is 5.26 Å². The predicted octanol–water partition coefficient (Wildman–Crippen LogP) is 0.0976. The lowest BCUT2D eigenvalue weighted by Gasteiger charge is -2.36. The van der Waals surface area contributed by atoms with Crippen LogP contribution in [-0.4, -0.2) is 25.7 Å². The third-order valence-electron chi connectivity index (χ3n) is 2.63. The van der Waals surface area contributed by atoms with Gasteiger partial charge >= 0.3 is 0 Å². The fourth-order valence-corrected chi connectivity index (χ4v) is 1.62. The number of nitrogens with one attached hydrogen (secondary N) is 2. The van der Waals surface area contributed by atoms with Gasteiger partial charge in [0.1, 0.15) is 5.54 Å². The highest BCUT2D eigenvalue weighted by atomic mass is 15.0. The summed E-state index contributed by atoms with van der Waals surface area (Å²) in [6.45, 7) is 3.99. The minimum Gasteiger partial charge on any atom is -0.316 e. The molecule has 11 heavy (non-hydrogen) atoms. The number of hydrogen-bond acceptors (Lipinski definition) is 3. The SMILES string of the molecule is CNC1(C#N)CCNCC1C. The fraction of sp³-hybridized carbons (Fsp3) is 0.875. The molecule has 1 aliphatic rings. The van der Waals surface area contributed by atoms with Crippen LogP contribution in [0.2, 0.25) is 0 Å². The molecule has 1 saturated heterocycles. The van der Waals surface area contributed by atoms with Gasteiger partial charge in [-0.15, -0.1) is 0 Å². The Morgan fingerprint density at radius 2 is 2.45 bits per heavy atom. The molecule has 0 radical (unpaired) electrons. The summed E-state index contributed by atoms with van der Waals surface area (Å²) >= 11 is 0. The van der Waals surface area contributed by atoms with Crippen LogP contribution in [-0.2, 0) is 0 Å². The van der Waals surface area contributed by atoms with E-state index in [1.54, 1.807) is 0 Å². The standard InChI is InChI=1S/C8H15N3/c1-7-5-11-4-3-8(7,6-9)10-2/h7,10-11H,3-5H2,1-2H3. The molecule has 0 bridgehead atoms. The van der Waals surface area contributed by atoms with Gasteiger partial charge in [-0.25, -0.2) is 0 Å². The maximum absolute atomic E-state index is 8.97. The van der Waals surface area contributed by atoms with E-state index < -0.39 is 0 Å². The average molecular weight is 153 g/mol. The maximum atomic E-state index is 8.97. The second kappa shape index (κ2) is 3.21. The van der Waals surface area contributed by atoms with E-state index in [1.807, 2.05) is 7.05 Å². The largest absolute Gasteiger partial charge is 0.316 e. The zero-order chi connectivity index (χ0) is 8.32. The number of nitrogens with zero attached hydrogens (tertiary/aromatic N) is 1. The second-order valence-electron chi connectivity index (χ2n) is 3.19. The molecule has 3 heteroatoms. The van der Waals surface area contributed by atoms with Gasteiger partial charge in [-0.05, 0) is 20.0 Å². The Hall–Kier alpha value is -0.590. The van der Waals surface area contributed by atoms with Gasteiger partial charge in [-0.1, -0.05) is 6.92 Å². The Balaban J connectivity index is 2.71. The van der Waals surface area contributed by atoms with Crippen molar-refractivity contribution < 1.29 is 0 Å². The van der Waals surface area contributed by atoms with Gasteiger partial charge in [0.05, 0.1) is 6.07 Å². The number of hydrogen-bond donors (Lipinski definition) is 2. The molecule has 1 heterocycles. The molecule has 0 saturated carbocycles. The first kappa shape index (κ1) is 8.51. The number of piperidine rings is 1. The van der Waals surface area contributed by atoms with E-state index in [9.17, 15) is 0 Å². The second-order valence-corrected chi connectivity index (χ2v) is 3.19. The molecular weight excluding hydrogens is 138 g/mol. The Kier molecular flexibility index (Phi) is 2.48. The summed E-state index contributed by atoms with van der Waals surface area (Å²) in [6.07, 6.45) is 0.904. The van der Waals surface area contributed by atoms with Crippen LogP contribution in [0.15, 0.2) is 0 Å². The first-order valence-electron chi connectivity index (χ1n) is 4.06. The zero-order valence-corrected chi connectivity index (χ0v) is 7.15. The first-order valence-corrected chi connectivity index (χ1v) is 4.06.